The van der Waals surface area contributed by atoms with Crippen molar-refractivity contribution in [1.82, 2.24) is 10.9 Å². The molecule has 1 aromatic carbocycles. The van der Waals surface area contributed by atoms with E-state index in [2.05, 4.69) is 10.9 Å². The van der Waals surface area contributed by atoms with Crippen LogP contribution in [-0.4, -0.2) is 24.3 Å². The summed E-state index contributed by atoms with van der Waals surface area (Å²) in [6.45, 7) is -0.318. The minimum atomic E-state index is -0.554. The summed E-state index contributed by atoms with van der Waals surface area (Å²) in [6, 6.07) is 8.45. The van der Waals surface area contributed by atoms with Gasteiger partial charge in [-0.05, 0) is 12.1 Å². The van der Waals surface area contributed by atoms with Gasteiger partial charge in [0.05, 0.1) is 5.56 Å². The zero-order valence-corrected chi connectivity index (χ0v) is 10.0. The number of amides is 2. The van der Waals surface area contributed by atoms with E-state index in [4.69, 9.17) is 21.6 Å². The molecule has 0 aliphatic rings. The second-order valence-electron chi connectivity index (χ2n) is 3.13. The molecule has 0 atom stereocenters. The number of halogens is 1. The molecular formula is C11H10ClN3O3. The Labute approximate surface area is 108 Å². The van der Waals surface area contributed by atoms with E-state index in [1.807, 2.05) is 6.07 Å². The van der Waals surface area contributed by atoms with Gasteiger partial charge in [0.25, 0.3) is 11.8 Å². The molecule has 7 heteroatoms. The van der Waals surface area contributed by atoms with E-state index in [1.54, 1.807) is 24.3 Å². The maximum absolute atomic E-state index is 11.3. The first-order chi connectivity index (χ1) is 8.67. The third-order valence-corrected chi connectivity index (χ3v) is 2.07. The molecule has 0 saturated carbocycles. The van der Waals surface area contributed by atoms with Gasteiger partial charge in [0.2, 0.25) is 0 Å². The SMILES string of the molecule is N#Cc1ccccc1OCC(=O)NNC(=O)CCl. The summed E-state index contributed by atoms with van der Waals surface area (Å²) in [5.74, 6) is -1.03. The highest BCUT2D eigenvalue weighted by Crippen LogP contribution is 2.15. The third-order valence-electron chi connectivity index (χ3n) is 1.83. The van der Waals surface area contributed by atoms with E-state index in [-0.39, 0.29) is 12.5 Å². The van der Waals surface area contributed by atoms with Crippen LogP contribution in [0.2, 0.25) is 0 Å². The maximum Gasteiger partial charge on any atom is 0.276 e. The third kappa shape index (κ3) is 4.31. The van der Waals surface area contributed by atoms with Gasteiger partial charge in [-0.15, -0.1) is 11.6 Å². The van der Waals surface area contributed by atoms with Gasteiger partial charge in [0.15, 0.2) is 6.61 Å². The van der Waals surface area contributed by atoms with Crippen LogP contribution in [0, 0.1) is 11.3 Å². The van der Waals surface area contributed by atoms with Crippen LogP contribution in [0.4, 0.5) is 0 Å². The van der Waals surface area contributed by atoms with Crippen molar-refractivity contribution in [2.24, 2.45) is 0 Å². The Morgan fingerprint density at radius 3 is 2.61 bits per heavy atom. The van der Waals surface area contributed by atoms with E-state index in [0.29, 0.717) is 11.3 Å². The molecular weight excluding hydrogens is 258 g/mol. The topological polar surface area (TPSA) is 91.2 Å². The van der Waals surface area contributed by atoms with Crippen molar-refractivity contribution in [3.05, 3.63) is 29.8 Å². The minimum absolute atomic E-state index is 0.252. The Morgan fingerprint density at radius 1 is 1.28 bits per heavy atom. The molecule has 0 radical (unpaired) electrons. The number of nitrogens with zero attached hydrogens (tertiary/aromatic N) is 1. The predicted molar refractivity (Wildman–Crippen MR) is 63.7 cm³/mol. The zero-order chi connectivity index (χ0) is 13.4. The number of ether oxygens (including phenoxy) is 1. The Morgan fingerprint density at radius 2 is 1.94 bits per heavy atom. The average Bonchev–Trinajstić information content (AvgIpc) is 2.42. The summed E-state index contributed by atoms with van der Waals surface area (Å²) in [7, 11) is 0. The molecule has 0 aliphatic heterocycles. The van der Waals surface area contributed by atoms with Crippen molar-refractivity contribution in [1.29, 1.82) is 5.26 Å². The van der Waals surface area contributed by atoms with Gasteiger partial charge in [-0.1, -0.05) is 12.1 Å². The predicted octanol–water partition coefficient (Wildman–Crippen LogP) is 0.323. The van der Waals surface area contributed by atoms with E-state index >= 15 is 0 Å². The lowest BCUT2D eigenvalue weighted by Crippen LogP contribution is -2.44. The summed E-state index contributed by atoms with van der Waals surface area (Å²) in [6.07, 6.45) is 0. The van der Waals surface area contributed by atoms with Crippen LogP contribution in [0.5, 0.6) is 5.75 Å². The van der Waals surface area contributed by atoms with Crippen LogP contribution in [0.25, 0.3) is 0 Å². The second kappa shape index (κ2) is 7.14. The van der Waals surface area contributed by atoms with Crippen LogP contribution < -0.4 is 15.6 Å². The molecule has 0 bridgehead atoms. The average molecular weight is 268 g/mol. The first-order valence-electron chi connectivity index (χ1n) is 4.93. The van der Waals surface area contributed by atoms with E-state index in [1.165, 1.54) is 0 Å². The van der Waals surface area contributed by atoms with Gasteiger partial charge < -0.3 is 4.74 Å². The molecule has 18 heavy (non-hydrogen) atoms. The van der Waals surface area contributed by atoms with Crippen molar-refractivity contribution >= 4 is 23.4 Å². The van der Waals surface area contributed by atoms with Crippen molar-refractivity contribution in [3.63, 3.8) is 0 Å². The van der Waals surface area contributed by atoms with Crippen LogP contribution in [0.3, 0.4) is 0 Å². The molecule has 0 aliphatic carbocycles. The Kier molecular flexibility index (Phi) is 5.48. The Balaban J connectivity index is 2.43. The molecule has 1 rings (SSSR count). The summed E-state index contributed by atoms with van der Waals surface area (Å²) in [5.41, 5.74) is 4.52. The molecule has 0 fully saturated rings. The van der Waals surface area contributed by atoms with Gasteiger partial charge in [-0.25, -0.2) is 0 Å². The molecule has 0 spiro atoms. The Bertz CT molecular complexity index is 485. The molecule has 6 nitrogen and oxygen atoms in total. The highest BCUT2D eigenvalue weighted by atomic mass is 35.5. The fourth-order valence-electron chi connectivity index (χ4n) is 1.04. The number of hydrazine groups is 1. The van der Waals surface area contributed by atoms with E-state index < -0.39 is 11.8 Å². The van der Waals surface area contributed by atoms with Crippen LogP contribution in [0.15, 0.2) is 24.3 Å². The first-order valence-corrected chi connectivity index (χ1v) is 5.46. The number of hydrogen-bond donors (Lipinski definition) is 2. The molecule has 2 N–H and O–H groups in total. The summed E-state index contributed by atoms with van der Waals surface area (Å²) in [4.78, 5) is 22.0. The lowest BCUT2D eigenvalue weighted by Gasteiger charge is -2.08. The molecule has 2 amide bonds. The van der Waals surface area contributed by atoms with Gasteiger partial charge in [0, 0.05) is 0 Å². The molecule has 1 aromatic rings. The number of hydrogen-bond acceptors (Lipinski definition) is 4. The molecule has 94 valence electrons. The van der Waals surface area contributed by atoms with Gasteiger partial charge >= 0.3 is 0 Å². The monoisotopic (exact) mass is 267 g/mol. The number of carbonyl (C=O) groups is 2. The number of carbonyl (C=O) groups excluding carboxylic acids is 2. The van der Waals surface area contributed by atoms with Crippen molar-refractivity contribution in [2.45, 2.75) is 0 Å². The van der Waals surface area contributed by atoms with Crippen molar-refractivity contribution in [2.75, 3.05) is 12.5 Å². The normalized spacial score (nSPS) is 9.11. The highest BCUT2D eigenvalue weighted by molar-refractivity contribution is 6.27. The number of nitriles is 1. The zero-order valence-electron chi connectivity index (χ0n) is 9.27. The van der Waals surface area contributed by atoms with Gasteiger partial charge in [-0.2, -0.15) is 5.26 Å². The van der Waals surface area contributed by atoms with Gasteiger partial charge in [0.1, 0.15) is 17.7 Å². The summed E-state index contributed by atoms with van der Waals surface area (Å²) < 4.78 is 5.14. The Hall–Kier alpha value is -2.26. The lowest BCUT2D eigenvalue weighted by atomic mass is 10.2. The van der Waals surface area contributed by atoms with E-state index in [9.17, 15) is 9.59 Å². The highest BCUT2D eigenvalue weighted by Gasteiger charge is 2.06. The molecule has 0 heterocycles. The number of benzene rings is 1. The second-order valence-corrected chi connectivity index (χ2v) is 3.39. The first kappa shape index (κ1) is 13.8. The lowest BCUT2D eigenvalue weighted by molar-refractivity contribution is -0.128. The molecule has 0 unspecified atom stereocenters. The van der Waals surface area contributed by atoms with Crippen LogP contribution >= 0.6 is 11.6 Å². The smallest absolute Gasteiger partial charge is 0.276 e. The minimum Gasteiger partial charge on any atom is -0.482 e. The molecule has 0 saturated heterocycles. The van der Waals surface area contributed by atoms with Crippen molar-refractivity contribution in [3.8, 4) is 11.8 Å². The largest absolute Gasteiger partial charge is 0.482 e. The number of nitrogens with one attached hydrogen (secondary N) is 2. The maximum atomic E-state index is 11.3. The fourth-order valence-corrected chi connectivity index (χ4v) is 1.10. The fraction of sp³-hybridized carbons (Fsp3) is 0.182. The quantitative estimate of drug-likeness (QED) is 0.607. The molecule has 0 aromatic heterocycles. The standard InChI is InChI=1S/C11H10ClN3O3/c12-5-10(16)14-15-11(17)7-18-9-4-2-1-3-8(9)6-13/h1-4H,5,7H2,(H,14,16)(H,15,17). The van der Waals surface area contributed by atoms with Crippen LogP contribution in [-0.2, 0) is 9.59 Å². The number of rotatable bonds is 4. The van der Waals surface area contributed by atoms with E-state index in [0.717, 1.165) is 0 Å². The summed E-state index contributed by atoms with van der Waals surface area (Å²) >= 11 is 5.22. The van der Waals surface area contributed by atoms with Crippen molar-refractivity contribution < 1.29 is 14.3 Å². The van der Waals surface area contributed by atoms with Crippen LogP contribution in [0.1, 0.15) is 5.56 Å². The number of alkyl halides is 1. The van der Waals surface area contributed by atoms with Gasteiger partial charge in [-0.3, -0.25) is 20.4 Å². The number of para-hydroxylation sites is 1. The summed E-state index contributed by atoms with van der Waals surface area (Å²) in [5, 5.41) is 8.79.